The van der Waals surface area contributed by atoms with E-state index in [0.717, 1.165) is 55.4 Å². The van der Waals surface area contributed by atoms with Gasteiger partial charge in [-0.25, -0.2) is 0 Å². The smallest absolute Gasteiger partial charge is 0.253 e. The fraction of sp³-hybridized carbons (Fsp3) is 0.417. The van der Waals surface area contributed by atoms with Crippen molar-refractivity contribution in [2.75, 3.05) is 41.0 Å². The number of nitrogens with one attached hydrogen (secondary N) is 2. The first kappa shape index (κ1) is 24.2. The van der Waals surface area contributed by atoms with Gasteiger partial charge in [0.2, 0.25) is 6.79 Å². The summed E-state index contributed by atoms with van der Waals surface area (Å²) in [6.07, 6.45) is 3.09. The number of benzene rings is 2. The number of hydrogen-bond donors (Lipinski definition) is 2. The molecule has 1 saturated carbocycles. The van der Waals surface area contributed by atoms with Gasteiger partial charge in [-0.15, -0.1) is 24.0 Å². The van der Waals surface area contributed by atoms with Gasteiger partial charge in [0.05, 0.1) is 0 Å². The summed E-state index contributed by atoms with van der Waals surface area (Å²) >= 11 is 0. The van der Waals surface area contributed by atoms with Gasteiger partial charge in [-0.3, -0.25) is 9.79 Å². The average Bonchev–Trinajstić information content (AvgIpc) is 3.43. The van der Waals surface area contributed by atoms with Crippen LogP contribution in [0.5, 0.6) is 11.5 Å². The Bertz CT molecular complexity index is 989. The number of amides is 1. The highest BCUT2D eigenvalue weighted by Crippen LogP contribution is 2.49. The monoisotopic (exact) mass is 550 g/mol. The topological polar surface area (TPSA) is 75.2 Å². The molecule has 172 valence electrons. The molecule has 2 aromatic carbocycles. The summed E-state index contributed by atoms with van der Waals surface area (Å²) < 4.78 is 11.0. The Labute approximate surface area is 206 Å². The predicted molar refractivity (Wildman–Crippen MR) is 136 cm³/mol. The van der Waals surface area contributed by atoms with E-state index in [1.807, 2.05) is 30.3 Å². The zero-order chi connectivity index (χ0) is 21.8. The molecule has 0 atom stereocenters. The Balaban J connectivity index is 0.00000289. The molecule has 0 aromatic heterocycles. The maximum Gasteiger partial charge on any atom is 0.253 e. The van der Waals surface area contributed by atoms with E-state index < -0.39 is 0 Å². The average molecular weight is 550 g/mol. The van der Waals surface area contributed by atoms with Crippen LogP contribution in [0.4, 0.5) is 0 Å². The standard InChI is InChI=1S/C24H30N4O3.HI/c1-25-23(26-12-9-17-5-4-6-18(13-17)22(29)28(2)3)27-15-24(10-11-24)19-7-8-20-21(14-19)31-16-30-20;/h4-8,13-14H,9-12,15-16H2,1-3H3,(H2,25,26,27);1H. The Morgan fingerprint density at radius 1 is 1.09 bits per heavy atom. The highest BCUT2D eigenvalue weighted by molar-refractivity contribution is 14.0. The maximum atomic E-state index is 12.2. The van der Waals surface area contributed by atoms with Crippen LogP contribution in [0.25, 0.3) is 0 Å². The number of carbonyl (C=O) groups is 1. The molecule has 2 N–H and O–H groups in total. The van der Waals surface area contributed by atoms with Crippen LogP contribution in [0, 0.1) is 0 Å². The van der Waals surface area contributed by atoms with E-state index in [-0.39, 0.29) is 35.3 Å². The number of hydrogen-bond acceptors (Lipinski definition) is 4. The summed E-state index contributed by atoms with van der Waals surface area (Å²) in [5, 5.41) is 6.86. The van der Waals surface area contributed by atoms with Crippen molar-refractivity contribution < 1.29 is 14.3 Å². The first-order valence-corrected chi connectivity index (χ1v) is 10.7. The molecular formula is C24H31IN4O3. The van der Waals surface area contributed by atoms with Gasteiger partial charge >= 0.3 is 0 Å². The minimum absolute atomic E-state index is 0. The van der Waals surface area contributed by atoms with Crippen LogP contribution in [0.15, 0.2) is 47.5 Å². The molecule has 7 nitrogen and oxygen atoms in total. The summed E-state index contributed by atoms with van der Waals surface area (Å²) in [5.74, 6) is 2.46. The number of fused-ring (bicyclic) bond motifs is 1. The lowest BCUT2D eigenvalue weighted by Crippen LogP contribution is -2.42. The van der Waals surface area contributed by atoms with E-state index in [4.69, 9.17) is 9.47 Å². The van der Waals surface area contributed by atoms with Crippen molar-refractivity contribution in [2.24, 2.45) is 4.99 Å². The minimum Gasteiger partial charge on any atom is -0.454 e. The Morgan fingerprint density at radius 3 is 2.59 bits per heavy atom. The molecule has 8 heteroatoms. The molecule has 1 aliphatic carbocycles. The molecule has 0 unspecified atom stereocenters. The Morgan fingerprint density at radius 2 is 1.88 bits per heavy atom. The van der Waals surface area contributed by atoms with Crippen LogP contribution in [0.2, 0.25) is 0 Å². The minimum atomic E-state index is 0. The molecule has 4 rings (SSSR count). The maximum absolute atomic E-state index is 12.2. The van der Waals surface area contributed by atoms with E-state index in [9.17, 15) is 4.79 Å². The highest BCUT2D eigenvalue weighted by atomic mass is 127. The summed E-state index contributed by atoms with van der Waals surface area (Å²) in [6, 6.07) is 14.0. The quantitative estimate of drug-likeness (QED) is 0.315. The Kier molecular flexibility index (Phi) is 7.86. The van der Waals surface area contributed by atoms with Crippen LogP contribution in [-0.4, -0.2) is 57.8 Å². The van der Waals surface area contributed by atoms with E-state index in [1.54, 1.807) is 26.0 Å². The third-order valence-corrected chi connectivity index (χ3v) is 5.94. The molecule has 0 spiro atoms. The second-order valence-corrected chi connectivity index (χ2v) is 8.35. The van der Waals surface area contributed by atoms with Crippen molar-refractivity contribution >= 4 is 35.8 Å². The zero-order valence-electron chi connectivity index (χ0n) is 18.8. The SMILES string of the molecule is CN=C(NCCc1cccc(C(=O)N(C)C)c1)NCC1(c2ccc3c(c2)OCO3)CC1.I. The van der Waals surface area contributed by atoms with Crippen molar-refractivity contribution in [1.82, 2.24) is 15.5 Å². The normalized spacial score (nSPS) is 15.5. The third-order valence-electron chi connectivity index (χ3n) is 5.94. The van der Waals surface area contributed by atoms with Gasteiger partial charge in [-0.2, -0.15) is 0 Å². The lowest BCUT2D eigenvalue weighted by Gasteiger charge is -2.19. The number of ether oxygens (including phenoxy) is 2. The molecule has 2 aromatic rings. The number of guanidine groups is 1. The molecule has 2 aliphatic rings. The fourth-order valence-electron chi connectivity index (χ4n) is 3.86. The van der Waals surface area contributed by atoms with Crippen molar-refractivity contribution in [3.63, 3.8) is 0 Å². The van der Waals surface area contributed by atoms with Crippen molar-refractivity contribution in [2.45, 2.75) is 24.7 Å². The van der Waals surface area contributed by atoms with Gasteiger partial charge in [0.25, 0.3) is 5.91 Å². The lowest BCUT2D eigenvalue weighted by atomic mass is 9.95. The summed E-state index contributed by atoms with van der Waals surface area (Å²) in [6.45, 7) is 1.85. The third kappa shape index (κ3) is 5.46. The van der Waals surface area contributed by atoms with Crippen LogP contribution in [0.3, 0.4) is 0 Å². The molecule has 1 aliphatic heterocycles. The van der Waals surface area contributed by atoms with Crippen LogP contribution >= 0.6 is 24.0 Å². The summed E-state index contributed by atoms with van der Waals surface area (Å²) in [5.41, 5.74) is 3.24. The largest absolute Gasteiger partial charge is 0.454 e. The van der Waals surface area contributed by atoms with Gasteiger partial charge in [0.1, 0.15) is 0 Å². The predicted octanol–water partition coefficient (Wildman–Crippen LogP) is 3.17. The van der Waals surface area contributed by atoms with Crippen molar-refractivity contribution in [1.29, 1.82) is 0 Å². The second kappa shape index (κ2) is 10.4. The van der Waals surface area contributed by atoms with E-state index in [1.165, 1.54) is 5.56 Å². The van der Waals surface area contributed by atoms with Crippen LogP contribution < -0.4 is 20.1 Å². The van der Waals surface area contributed by atoms with Gasteiger partial charge in [0.15, 0.2) is 17.5 Å². The number of nitrogens with zero attached hydrogens (tertiary/aromatic N) is 2. The molecule has 1 amide bonds. The van der Waals surface area contributed by atoms with Crippen molar-refractivity contribution in [3.05, 3.63) is 59.2 Å². The van der Waals surface area contributed by atoms with E-state index in [2.05, 4.69) is 27.8 Å². The molecule has 0 bridgehead atoms. The number of rotatable bonds is 7. The number of carbonyl (C=O) groups excluding carboxylic acids is 1. The molecule has 1 fully saturated rings. The zero-order valence-corrected chi connectivity index (χ0v) is 21.1. The molecule has 1 heterocycles. The lowest BCUT2D eigenvalue weighted by molar-refractivity contribution is 0.0827. The van der Waals surface area contributed by atoms with E-state index >= 15 is 0 Å². The van der Waals surface area contributed by atoms with Crippen LogP contribution in [0.1, 0.15) is 34.3 Å². The number of aliphatic imine (C=N–C) groups is 1. The van der Waals surface area contributed by atoms with Gasteiger partial charge < -0.3 is 25.0 Å². The molecule has 0 saturated heterocycles. The fourth-order valence-corrected chi connectivity index (χ4v) is 3.86. The van der Waals surface area contributed by atoms with Crippen LogP contribution in [-0.2, 0) is 11.8 Å². The van der Waals surface area contributed by atoms with E-state index in [0.29, 0.717) is 12.4 Å². The van der Waals surface area contributed by atoms with Crippen molar-refractivity contribution in [3.8, 4) is 11.5 Å². The number of halogens is 1. The molecule has 32 heavy (non-hydrogen) atoms. The van der Waals surface area contributed by atoms with Gasteiger partial charge in [0, 0.05) is 45.2 Å². The van der Waals surface area contributed by atoms with Gasteiger partial charge in [-0.05, 0) is 54.7 Å². The summed E-state index contributed by atoms with van der Waals surface area (Å²) in [7, 11) is 5.32. The molecular weight excluding hydrogens is 519 g/mol. The second-order valence-electron chi connectivity index (χ2n) is 8.35. The summed E-state index contributed by atoms with van der Waals surface area (Å²) in [4.78, 5) is 18.1. The first-order valence-electron chi connectivity index (χ1n) is 10.7. The Hall–Kier alpha value is -2.49. The molecule has 0 radical (unpaired) electrons. The first-order chi connectivity index (χ1) is 15.0. The van der Waals surface area contributed by atoms with Gasteiger partial charge in [-0.1, -0.05) is 18.2 Å². The highest BCUT2D eigenvalue weighted by Gasteiger charge is 2.44.